The van der Waals surface area contributed by atoms with Crippen molar-refractivity contribution in [1.82, 2.24) is 5.32 Å². The van der Waals surface area contributed by atoms with Crippen molar-refractivity contribution in [2.45, 2.75) is 6.10 Å². The number of anilines is 1. The van der Waals surface area contributed by atoms with E-state index in [1.807, 2.05) is 5.38 Å². The molecule has 0 radical (unpaired) electrons. The van der Waals surface area contributed by atoms with Gasteiger partial charge in [0.15, 0.2) is 0 Å². The van der Waals surface area contributed by atoms with E-state index in [2.05, 4.69) is 10.6 Å². The number of benzene rings is 1. The molecule has 1 atom stereocenters. The molecule has 0 aliphatic carbocycles. The monoisotopic (exact) mass is 330 g/mol. The zero-order valence-corrected chi connectivity index (χ0v) is 12.6. The molecule has 1 aromatic heterocycles. The SMILES string of the molecule is O=C(NCC(O)c1c(Cl)cccc1Cl)Nc1ccsc1. The van der Waals surface area contributed by atoms with Crippen LogP contribution in [0.1, 0.15) is 11.7 Å². The third-order valence-electron chi connectivity index (χ3n) is 2.57. The molecule has 20 heavy (non-hydrogen) atoms. The highest BCUT2D eigenvalue weighted by Crippen LogP contribution is 2.29. The van der Waals surface area contributed by atoms with Gasteiger partial charge in [-0.2, -0.15) is 11.3 Å². The molecule has 0 spiro atoms. The maximum absolute atomic E-state index is 11.6. The Morgan fingerprint density at radius 2 is 2.00 bits per heavy atom. The van der Waals surface area contributed by atoms with Crippen molar-refractivity contribution in [2.75, 3.05) is 11.9 Å². The Morgan fingerprint density at radius 3 is 2.60 bits per heavy atom. The van der Waals surface area contributed by atoms with Crippen LogP contribution < -0.4 is 10.6 Å². The number of halogens is 2. The number of amides is 2. The lowest BCUT2D eigenvalue weighted by atomic mass is 10.1. The highest BCUT2D eigenvalue weighted by atomic mass is 35.5. The zero-order chi connectivity index (χ0) is 14.5. The van der Waals surface area contributed by atoms with Gasteiger partial charge in [-0.25, -0.2) is 4.79 Å². The van der Waals surface area contributed by atoms with Crippen molar-refractivity contribution in [1.29, 1.82) is 0 Å². The van der Waals surface area contributed by atoms with Crippen LogP contribution in [-0.2, 0) is 0 Å². The summed E-state index contributed by atoms with van der Waals surface area (Å²) in [6.45, 7) is 0.0133. The van der Waals surface area contributed by atoms with Gasteiger partial charge in [-0.3, -0.25) is 0 Å². The van der Waals surface area contributed by atoms with E-state index in [0.29, 0.717) is 21.3 Å². The van der Waals surface area contributed by atoms with Crippen LogP contribution in [0.4, 0.5) is 10.5 Å². The fourth-order valence-electron chi connectivity index (χ4n) is 1.63. The molecule has 1 heterocycles. The molecular weight excluding hydrogens is 319 g/mol. The van der Waals surface area contributed by atoms with E-state index >= 15 is 0 Å². The fraction of sp³-hybridized carbons (Fsp3) is 0.154. The second-order valence-corrected chi connectivity index (χ2v) is 5.59. The van der Waals surface area contributed by atoms with E-state index < -0.39 is 12.1 Å². The predicted molar refractivity (Wildman–Crippen MR) is 82.8 cm³/mol. The molecule has 1 aromatic carbocycles. The summed E-state index contributed by atoms with van der Waals surface area (Å²) >= 11 is 13.4. The summed E-state index contributed by atoms with van der Waals surface area (Å²) in [6, 6.07) is 6.35. The number of rotatable bonds is 4. The Kier molecular flexibility index (Phi) is 5.25. The Morgan fingerprint density at radius 1 is 1.30 bits per heavy atom. The first-order valence-electron chi connectivity index (χ1n) is 5.77. The van der Waals surface area contributed by atoms with Crippen LogP contribution in [0.25, 0.3) is 0 Å². The van der Waals surface area contributed by atoms with Crippen molar-refractivity contribution >= 4 is 46.3 Å². The predicted octanol–water partition coefficient (Wildman–Crippen LogP) is 3.91. The number of aliphatic hydroxyl groups excluding tert-OH is 1. The van der Waals surface area contributed by atoms with Gasteiger partial charge in [0.1, 0.15) is 0 Å². The zero-order valence-electron chi connectivity index (χ0n) is 10.3. The Balaban J connectivity index is 1.92. The molecule has 0 saturated heterocycles. The lowest BCUT2D eigenvalue weighted by Gasteiger charge is -2.15. The normalized spacial score (nSPS) is 11.9. The average Bonchev–Trinajstić information content (AvgIpc) is 2.89. The van der Waals surface area contributed by atoms with Gasteiger partial charge in [-0.15, -0.1) is 0 Å². The molecule has 2 aromatic rings. The van der Waals surface area contributed by atoms with Crippen LogP contribution in [0, 0.1) is 0 Å². The number of thiophene rings is 1. The largest absolute Gasteiger partial charge is 0.386 e. The molecule has 1 unspecified atom stereocenters. The minimum Gasteiger partial charge on any atom is -0.386 e. The van der Waals surface area contributed by atoms with Crippen molar-refractivity contribution < 1.29 is 9.90 Å². The van der Waals surface area contributed by atoms with Crippen molar-refractivity contribution in [3.05, 3.63) is 50.6 Å². The molecule has 2 amide bonds. The van der Waals surface area contributed by atoms with Crippen molar-refractivity contribution in [3.8, 4) is 0 Å². The van der Waals surface area contributed by atoms with Gasteiger partial charge < -0.3 is 15.7 Å². The molecule has 0 aliphatic heterocycles. The lowest BCUT2D eigenvalue weighted by molar-refractivity contribution is 0.175. The highest BCUT2D eigenvalue weighted by Gasteiger charge is 2.16. The molecule has 3 N–H and O–H groups in total. The summed E-state index contributed by atoms with van der Waals surface area (Å²) in [6.07, 6.45) is -0.968. The van der Waals surface area contributed by atoms with Gasteiger partial charge in [0, 0.05) is 27.5 Å². The smallest absolute Gasteiger partial charge is 0.319 e. The molecular formula is C13H12Cl2N2O2S. The molecule has 0 aliphatic rings. The Bertz CT molecular complexity index is 570. The van der Waals surface area contributed by atoms with Gasteiger partial charge in [-0.1, -0.05) is 29.3 Å². The van der Waals surface area contributed by atoms with Crippen LogP contribution in [-0.4, -0.2) is 17.7 Å². The summed E-state index contributed by atoms with van der Waals surface area (Å²) in [5, 5.41) is 19.6. The molecule has 0 bridgehead atoms. The van der Waals surface area contributed by atoms with Gasteiger partial charge in [0.25, 0.3) is 0 Å². The van der Waals surface area contributed by atoms with E-state index in [1.165, 1.54) is 11.3 Å². The second kappa shape index (κ2) is 6.95. The number of hydrogen-bond acceptors (Lipinski definition) is 3. The first-order chi connectivity index (χ1) is 9.58. The minimum absolute atomic E-state index is 0.0133. The van der Waals surface area contributed by atoms with Crippen LogP contribution in [0.3, 0.4) is 0 Å². The second-order valence-electron chi connectivity index (χ2n) is 4.00. The lowest BCUT2D eigenvalue weighted by Crippen LogP contribution is -2.32. The third kappa shape index (κ3) is 3.86. The molecule has 2 rings (SSSR count). The van der Waals surface area contributed by atoms with E-state index in [-0.39, 0.29) is 6.54 Å². The summed E-state index contributed by atoms with van der Waals surface area (Å²) in [5.41, 5.74) is 1.12. The Hall–Kier alpha value is -1.27. The van der Waals surface area contributed by atoms with Crippen LogP contribution in [0.2, 0.25) is 10.0 Å². The van der Waals surface area contributed by atoms with Crippen LogP contribution >= 0.6 is 34.5 Å². The number of carbonyl (C=O) groups is 1. The number of aliphatic hydroxyl groups is 1. The summed E-state index contributed by atoms with van der Waals surface area (Å²) in [5.74, 6) is 0. The summed E-state index contributed by atoms with van der Waals surface area (Å²) in [4.78, 5) is 11.6. The number of hydrogen-bond donors (Lipinski definition) is 3. The minimum atomic E-state index is -0.968. The van der Waals surface area contributed by atoms with E-state index in [0.717, 1.165) is 0 Å². The van der Waals surface area contributed by atoms with Crippen LogP contribution in [0.5, 0.6) is 0 Å². The number of carbonyl (C=O) groups excluding carboxylic acids is 1. The fourth-order valence-corrected chi connectivity index (χ4v) is 2.87. The maximum atomic E-state index is 11.6. The first kappa shape index (κ1) is 15.1. The standard InChI is InChI=1S/C13H12Cl2N2O2S/c14-9-2-1-3-10(15)12(9)11(18)6-16-13(19)17-8-4-5-20-7-8/h1-5,7,11,18H,6H2,(H2,16,17,19). The maximum Gasteiger partial charge on any atom is 0.319 e. The molecule has 0 fully saturated rings. The quantitative estimate of drug-likeness (QED) is 0.795. The third-order valence-corrected chi connectivity index (χ3v) is 3.91. The van der Waals surface area contributed by atoms with Crippen molar-refractivity contribution in [2.24, 2.45) is 0 Å². The summed E-state index contributed by atoms with van der Waals surface area (Å²) in [7, 11) is 0. The highest BCUT2D eigenvalue weighted by molar-refractivity contribution is 7.08. The molecule has 0 saturated carbocycles. The van der Waals surface area contributed by atoms with Gasteiger partial charge in [0.05, 0.1) is 11.8 Å². The average molecular weight is 331 g/mol. The van der Waals surface area contributed by atoms with Gasteiger partial charge >= 0.3 is 6.03 Å². The molecule has 4 nitrogen and oxygen atoms in total. The van der Waals surface area contributed by atoms with Gasteiger partial charge in [0.2, 0.25) is 0 Å². The Labute approximate surface area is 130 Å². The number of urea groups is 1. The van der Waals surface area contributed by atoms with E-state index in [9.17, 15) is 9.90 Å². The van der Waals surface area contributed by atoms with Gasteiger partial charge in [-0.05, 0) is 23.6 Å². The van der Waals surface area contributed by atoms with E-state index in [1.54, 1.807) is 29.6 Å². The molecule has 7 heteroatoms. The molecule has 106 valence electrons. The van der Waals surface area contributed by atoms with Crippen molar-refractivity contribution in [3.63, 3.8) is 0 Å². The van der Waals surface area contributed by atoms with Crippen LogP contribution in [0.15, 0.2) is 35.0 Å². The topological polar surface area (TPSA) is 61.4 Å². The summed E-state index contributed by atoms with van der Waals surface area (Å²) < 4.78 is 0. The number of nitrogens with one attached hydrogen (secondary N) is 2. The first-order valence-corrected chi connectivity index (χ1v) is 7.47. The van der Waals surface area contributed by atoms with E-state index in [4.69, 9.17) is 23.2 Å².